The van der Waals surface area contributed by atoms with E-state index in [1.165, 1.54) is 6.92 Å². The molecule has 0 amide bonds. The van der Waals surface area contributed by atoms with Crippen molar-refractivity contribution in [1.29, 1.82) is 0 Å². The van der Waals surface area contributed by atoms with E-state index < -0.39 is 13.4 Å². The van der Waals surface area contributed by atoms with Crippen molar-refractivity contribution in [2.75, 3.05) is 11.1 Å². The molecule has 2 rings (SSSR count). The molecule has 0 aliphatic rings. The first-order valence-corrected chi connectivity index (χ1v) is 7.17. The van der Waals surface area contributed by atoms with Crippen LogP contribution >= 0.6 is 7.60 Å². The molecule has 0 bridgehead atoms. The summed E-state index contributed by atoms with van der Waals surface area (Å²) in [7, 11) is -4.17. The second-order valence-corrected chi connectivity index (χ2v) is 6.11. The van der Waals surface area contributed by atoms with Gasteiger partial charge in [-0.3, -0.25) is 4.57 Å². The number of nitrogen functional groups attached to an aromatic ring is 1. The topological polar surface area (TPSA) is 95.6 Å². The van der Waals surface area contributed by atoms with Crippen molar-refractivity contribution in [3.63, 3.8) is 0 Å². The third-order valence-electron chi connectivity index (χ3n) is 2.84. The summed E-state index contributed by atoms with van der Waals surface area (Å²) in [6.07, 6.45) is 0. The normalized spacial score (nSPS) is 13.5. The van der Waals surface area contributed by atoms with E-state index >= 15 is 0 Å². The average molecular weight is 266 g/mol. The van der Waals surface area contributed by atoms with Crippen LogP contribution in [0.3, 0.4) is 0 Å². The number of nitrogens with two attached hydrogens (primary N) is 1. The van der Waals surface area contributed by atoms with E-state index in [-0.39, 0.29) is 0 Å². The van der Waals surface area contributed by atoms with Gasteiger partial charge in [0.15, 0.2) is 0 Å². The maximum atomic E-state index is 11.1. The number of hydrogen-bond acceptors (Lipinski definition) is 3. The van der Waals surface area contributed by atoms with Crippen LogP contribution in [0.2, 0.25) is 0 Å². The molecule has 0 aliphatic heterocycles. The molecule has 0 saturated heterocycles. The highest BCUT2D eigenvalue weighted by Crippen LogP contribution is 2.42. The molecule has 0 aromatic heterocycles. The van der Waals surface area contributed by atoms with Gasteiger partial charge in [0.25, 0.3) is 0 Å². The Morgan fingerprint density at radius 3 is 2.56 bits per heavy atom. The van der Waals surface area contributed by atoms with Gasteiger partial charge in [0.1, 0.15) is 5.78 Å². The quantitative estimate of drug-likeness (QED) is 0.505. The van der Waals surface area contributed by atoms with Gasteiger partial charge in [0, 0.05) is 5.39 Å². The molecule has 0 saturated carbocycles. The molecule has 0 radical (unpaired) electrons. The van der Waals surface area contributed by atoms with Crippen LogP contribution in [0.4, 0.5) is 11.4 Å². The Kier molecular flexibility index (Phi) is 3.30. The van der Waals surface area contributed by atoms with Crippen molar-refractivity contribution in [3.8, 4) is 0 Å². The fourth-order valence-electron chi connectivity index (χ4n) is 1.73. The minimum absolute atomic E-state index is 0.494. The highest BCUT2D eigenvalue weighted by atomic mass is 31.2. The second-order valence-electron chi connectivity index (χ2n) is 4.16. The van der Waals surface area contributed by atoms with E-state index in [2.05, 4.69) is 5.32 Å². The van der Waals surface area contributed by atoms with Gasteiger partial charge >= 0.3 is 7.60 Å². The van der Waals surface area contributed by atoms with Gasteiger partial charge in [-0.05, 0) is 18.4 Å². The number of benzene rings is 2. The molecule has 6 heteroatoms. The fraction of sp³-hybridized carbons (Fsp3) is 0.167. The first-order valence-electron chi connectivity index (χ1n) is 5.48. The Labute approximate surface area is 105 Å². The van der Waals surface area contributed by atoms with Crippen molar-refractivity contribution < 1.29 is 14.4 Å². The predicted octanol–water partition coefficient (Wildman–Crippen LogP) is 2.36. The summed E-state index contributed by atoms with van der Waals surface area (Å²) in [5.41, 5.74) is 7.02. The van der Waals surface area contributed by atoms with E-state index in [1.807, 2.05) is 30.3 Å². The average Bonchev–Trinajstić information content (AvgIpc) is 2.32. The summed E-state index contributed by atoms with van der Waals surface area (Å²) in [5.74, 6) is -0.971. The van der Waals surface area contributed by atoms with Gasteiger partial charge in [-0.15, -0.1) is 0 Å². The van der Waals surface area contributed by atoms with Crippen LogP contribution in [-0.2, 0) is 4.57 Å². The summed E-state index contributed by atoms with van der Waals surface area (Å²) in [4.78, 5) is 18.1. The molecule has 2 aromatic rings. The first kappa shape index (κ1) is 12.9. The third kappa shape index (κ3) is 2.48. The number of fused-ring (bicyclic) bond motifs is 1. The van der Waals surface area contributed by atoms with Crippen molar-refractivity contribution in [3.05, 3.63) is 36.4 Å². The van der Waals surface area contributed by atoms with E-state index in [0.29, 0.717) is 11.4 Å². The van der Waals surface area contributed by atoms with Crippen LogP contribution in [0, 0.1) is 0 Å². The first-order chi connectivity index (χ1) is 8.39. The van der Waals surface area contributed by atoms with Gasteiger partial charge in [-0.1, -0.05) is 30.3 Å². The van der Waals surface area contributed by atoms with Crippen molar-refractivity contribution in [1.82, 2.24) is 0 Å². The molecule has 96 valence electrons. The van der Waals surface area contributed by atoms with Crippen molar-refractivity contribution in [2.45, 2.75) is 12.7 Å². The highest BCUT2D eigenvalue weighted by molar-refractivity contribution is 7.52. The predicted molar refractivity (Wildman–Crippen MR) is 73.5 cm³/mol. The van der Waals surface area contributed by atoms with Crippen molar-refractivity contribution in [2.24, 2.45) is 0 Å². The molecule has 0 spiro atoms. The Morgan fingerprint density at radius 1 is 1.22 bits per heavy atom. The number of anilines is 2. The summed E-state index contributed by atoms with van der Waals surface area (Å²) >= 11 is 0. The lowest BCUT2D eigenvalue weighted by Crippen LogP contribution is -2.16. The smallest absolute Gasteiger partial charge is 0.347 e. The summed E-state index contributed by atoms with van der Waals surface area (Å²) in [5, 5.41) is 4.61. The molecule has 5 nitrogen and oxygen atoms in total. The van der Waals surface area contributed by atoms with Crippen LogP contribution < -0.4 is 11.1 Å². The van der Waals surface area contributed by atoms with Crippen molar-refractivity contribution >= 4 is 29.7 Å². The lowest BCUT2D eigenvalue weighted by atomic mass is 10.1. The monoisotopic (exact) mass is 266 g/mol. The molecule has 2 aromatic carbocycles. The van der Waals surface area contributed by atoms with E-state index in [0.717, 1.165) is 10.8 Å². The molecule has 0 aliphatic carbocycles. The van der Waals surface area contributed by atoms with Crippen LogP contribution in [0.25, 0.3) is 10.8 Å². The second kappa shape index (κ2) is 4.61. The minimum Gasteiger partial charge on any atom is -0.397 e. The Balaban J connectivity index is 2.41. The third-order valence-corrected chi connectivity index (χ3v) is 3.98. The minimum atomic E-state index is -4.17. The Bertz CT molecular complexity index is 624. The standard InChI is InChI=1S/C12H15N2O3P/c1-8(18(15,16)17)14-11-7-6-9-4-2-3-5-10(9)12(11)13/h2-8,14H,13H2,1H3,(H2,15,16,17). The fourth-order valence-corrected chi connectivity index (χ4v) is 2.04. The van der Waals surface area contributed by atoms with Gasteiger partial charge in [-0.2, -0.15) is 0 Å². The molecule has 0 fully saturated rings. The zero-order valence-electron chi connectivity index (χ0n) is 9.87. The molecule has 1 unspecified atom stereocenters. The number of nitrogens with one attached hydrogen (secondary N) is 1. The van der Waals surface area contributed by atoms with E-state index in [9.17, 15) is 4.57 Å². The molecule has 0 heterocycles. The molecular formula is C12H15N2O3P. The summed E-state index contributed by atoms with van der Waals surface area (Å²) in [6, 6.07) is 11.2. The van der Waals surface area contributed by atoms with Crippen LogP contribution in [-0.4, -0.2) is 15.6 Å². The zero-order chi connectivity index (χ0) is 13.3. The highest BCUT2D eigenvalue weighted by Gasteiger charge is 2.24. The summed E-state index contributed by atoms with van der Waals surface area (Å²) in [6.45, 7) is 1.43. The van der Waals surface area contributed by atoms with Gasteiger partial charge in [0.2, 0.25) is 0 Å². The largest absolute Gasteiger partial charge is 0.397 e. The maximum Gasteiger partial charge on any atom is 0.347 e. The lowest BCUT2D eigenvalue weighted by Gasteiger charge is -2.18. The van der Waals surface area contributed by atoms with Gasteiger partial charge in [-0.25, -0.2) is 0 Å². The molecular weight excluding hydrogens is 251 g/mol. The summed E-state index contributed by atoms with van der Waals surface area (Å²) < 4.78 is 11.1. The van der Waals surface area contributed by atoms with Crippen LogP contribution in [0.5, 0.6) is 0 Å². The Morgan fingerprint density at radius 2 is 1.89 bits per heavy atom. The lowest BCUT2D eigenvalue weighted by molar-refractivity contribution is 0.364. The van der Waals surface area contributed by atoms with Crippen LogP contribution in [0.1, 0.15) is 6.92 Å². The molecule has 1 atom stereocenters. The molecule has 18 heavy (non-hydrogen) atoms. The number of hydrogen-bond donors (Lipinski definition) is 4. The van der Waals surface area contributed by atoms with E-state index in [1.54, 1.807) is 6.07 Å². The van der Waals surface area contributed by atoms with Gasteiger partial charge < -0.3 is 20.8 Å². The zero-order valence-corrected chi connectivity index (χ0v) is 10.8. The Hall–Kier alpha value is -1.55. The number of rotatable bonds is 3. The maximum absolute atomic E-state index is 11.1. The molecule has 5 N–H and O–H groups in total. The SMILES string of the molecule is CC(Nc1ccc2ccccc2c1N)P(=O)(O)O. The van der Waals surface area contributed by atoms with E-state index in [4.69, 9.17) is 15.5 Å². The van der Waals surface area contributed by atoms with Crippen LogP contribution in [0.15, 0.2) is 36.4 Å². The van der Waals surface area contributed by atoms with Gasteiger partial charge in [0.05, 0.1) is 11.4 Å².